The maximum absolute atomic E-state index is 12.0. The molecular formula is C22H39N3O3S. The zero-order valence-corrected chi connectivity index (χ0v) is 19.5. The van der Waals surface area contributed by atoms with Gasteiger partial charge in [0.1, 0.15) is 6.04 Å². The summed E-state index contributed by atoms with van der Waals surface area (Å²) in [5, 5.41) is 2.61. The Morgan fingerprint density at radius 3 is 1.97 bits per heavy atom. The first kappa shape index (κ1) is 27.0. The first-order valence-electron chi connectivity index (χ1n) is 9.97. The Labute approximate surface area is 181 Å². The van der Waals surface area contributed by atoms with Gasteiger partial charge in [0, 0.05) is 26.8 Å². The molecule has 29 heavy (non-hydrogen) atoms. The van der Waals surface area contributed by atoms with Crippen LogP contribution in [0.25, 0.3) is 0 Å². The predicted molar refractivity (Wildman–Crippen MR) is 124 cm³/mol. The van der Waals surface area contributed by atoms with Gasteiger partial charge in [-0.3, -0.25) is 25.2 Å². The van der Waals surface area contributed by atoms with Crippen LogP contribution in [-0.4, -0.2) is 35.3 Å². The fraction of sp³-hybridized carbons (Fsp3) is 0.591. The summed E-state index contributed by atoms with van der Waals surface area (Å²) < 4.78 is 0. The minimum absolute atomic E-state index is 0. The standard InChI is InChI=1S/C22H37N3O3S.H2/c1-16(2)9-7-10-17(3)11-8-12-18(4)13-14-29-15-21(23-19(5)26)22(28)25-24-20(6)27;/h9,11,13,21H,7-8,10,12,14-15H2,1-6H3,(H,23,26)(H,24,27)(H,25,28);1H/b17-11+,18-13+;/t21-;/m0./s1/i;1+1. The average Bonchev–Trinajstić information content (AvgIpc) is 2.61. The molecule has 0 aromatic rings. The highest BCUT2D eigenvalue weighted by Gasteiger charge is 2.19. The lowest BCUT2D eigenvalue weighted by Gasteiger charge is -2.17. The van der Waals surface area contributed by atoms with Gasteiger partial charge in [-0.25, -0.2) is 0 Å². The molecule has 0 heterocycles. The molecule has 0 bridgehead atoms. The lowest BCUT2D eigenvalue weighted by molar-refractivity contribution is -0.130. The molecule has 0 aliphatic heterocycles. The SMILES string of the molecule is CC(=O)NNC(=O)[C@H](CSC/C=C(\C)CC/C=C(\C)CCC=C(C)C)NC(C)=O.[2HH]. The van der Waals surface area contributed by atoms with Gasteiger partial charge in [0.05, 0.1) is 0 Å². The van der Waals surface area contributed by atoms with Crippen LogP contribution in [0.2, 0.25) is 0 Å². The molecule has 0 radical (unpaired) electrons. The smallest absolute Gasteiger partial charge is 0.261 e. The van der Waals surface area contributed by atoms with E-state index in [1.54, 1.807) is 11.8 Å². The first-order valence-corrected chi connectivity index (χ1v) is 11.1. The molecule has 0 saturated carbocycles. The highest BCUT2D eigenvalue weighted by atomic mass is 32.2. The van der Waals surface area contributed by atoms with E-state index in [1.807, 2.05) is 0 Å². The van der Waals surface area contributed by atoms with Crippen molar-refractivity contribution < 1.29 is 15.8 Å². The molecule has 1 atom stereocenters. The van der Waals surface area contributed by atoms with Crippen LogP contribution in [0.15, 0.2) is 34.9 Å². The van der Waals surface area contributed by atoms with Crippen LogP contribution in [0, 0.1) is 0 Å². The Morgan fingerprint density at radius 1 is 0.828 bits per heavy atom. The molecule has 0 unspecified atom stereocenters. The Kier molecular flexibility index (Phi) is 14.7. The van der Waals surface area contributed by atoms with E-state index < -0.39 is 11.9 Å². The molecule has 6 nitrogen and oxygen atoms in total. The van der Waals surface area contributed by atoms with Gasteiger partial charge in [0.25, 0.3) is 5.91 Å². The minimum atomic E-state index is -0.690. The Hall–Kier alpha value is -2.02. The summed E-state index contributed by atoms with van der Waals surface area (Å²) in [6.45, 7) is 11.2. The van der Waals surface area contributed by atoms with E-state index in [2.05, 4.69) is 62.1 Å². The van der Waals surface area contributed by atoms with E-state index in [0.717, 1.165) is 31.4 Å². The molecule has 0 aromatic heterocycles. The number of hydrogen-bond acceptors (Lipinski definition) is 4. The Morgan fingerprint density at radius 2 is 1.41 bits per heavy atom. The number of hydrazine groups is 1. The van der Waals surface area contributed by atoms with Crippen molar-refractivity contribution in [2.45, 2.75) is 73.3 Å². The van der Waals surface area contributed by atoms with E-state index >= 15 is 0 Å². The summed E-state index contributed by atoms with van der Waals surface area (Å²) in [5.41, 5.74) is 8.64. The van der Waals surface area contributed by atoms with Crippen LogP contribution in [-0.2, 0) is 14.4 Å². The van der Waals surface area contributed by atoms with Crippen molar-refractivity contribution in [1.82, 2.24) is 16.2 Å². The maximum atomic E-state index is 12.0. The number of carbonyl (C=O) groups is 3. The van der Waals surface area contributed by atoms with Gasteiger partial charge in [-0.15, -0.1) is 0 Å². The Balaban J connectivity index is 0. The lowest BCUT2D eigenvalue weighted by Crippen LogP contribution is -2.52. The second kappa shape index (κ2) is 15.9. The number of allylic oxidation sites excluding steroid dienone is 5. The van der Waals surface area contributed by atoms with Crippen molar-refractivity contribution in [1.29, 1.82) is 0 Å². The van der Waals surface area contributed by atoms with Crippen LogP contribution >= 0.6 is 11.8 Å². The number of amides is 3. The normalized spacial score (nSPS) is 12.8. The summed E-state index contributed by atoms with van der Waals surface area (Å²) in [6, 6.07) is -0.690. The molecule has 0 spiro atoms. The highest BCUT2D eigenvalue weighted by Crippen LogP contribution is 2.13. The summed E-state index contributed by atoms with van der Waals surface area (Å²) >= 11 is 1.56. The van der Waals surface area contributed by atoms with Gasteiger partial charge < -0.3 is 5.32 Å². The molecule has 3 N–H and O–H groups in total. The zero-order chi connectivity index (χ0) is 22.2. The molecular weight excluding hydrogens is 386 g/mol. The van der Waals surface area contributed by atoms with Crippen LogP contribution in [0.4, 0.5) is 0 Å². The summed E-state index contributed by atoms with van der Waals surface area (Å²) in [7, 11) is 0. The average molecular weight is 427 g/mol. The number of rotatable bonds is 12. The molecule has 166 valence electrons. The van der Waals surface area contributed by atoms with E-state index in [9.17, 15) is 14.4 Å². The van der Waals surface area contributed by atoms with E-state index in [-0.39, 0.29) is 13.2 Å². The second-order valence-corrected chi connectivity index (χ2v) is 8.50. The third kappa shape index (κ3) is 16.6. The van der Waals surface area contributed by atoms with Crippen molar-refractivity contribution in [3.63, 3.8) is 0 Å². The lowest BCUT2D eigenvalue weighted by atomic mass is 10.1. The monoisotopic (exact) mass is 426 g/mol. The largest absolute Gasteiger partial charge is 0.344 e. The predicted octanol–water partition coefficient (Wildman–Crippen LogP) is 4.06. The van der Waals surface area contributed by atoms with Crippen molar-refractivity contribution in [2.24, 2.45) is 0 Å². The number of nitrogens with one attached hydrogen (secondary N) is 3. The van der Waals surface area contributed by atoms with E-state index in [4.69, 9.17) is 0 Å². The van der Waals surface area contributed by atoms with Gasteiger partial charge in [-0.2, -0.15) is 11.8 Å². The fourth-order valence-electron chi connectivity index (χ4n) is 2.39. The van der Waals surface area contributed by atoms with Crippen molar-refractivity contribution in [3.8, 4) is 0 Å². The summed E-state index contributed by atoms with van der Waals surface area (Å²) in [5.74, 6) is 0.105. The van der Waals surface area contributed by atoms with Gasteiger partial charge in [-0.05, 0) is 53.4 Å². The number of carbonyl (C=O) groups excluding carboxylic acids is 3. The van der Waals surface area contributed by atoms with Gasteiger partial charge >= 0.3 is 0 Å². The van der Waals surface area contributed by atoms with Crippen LogP contribution in [0.3, 0.4) is 0 Å². The Bertz CT molecular complexity index is 642. The van der Waals surface area contributed by atoms with E-state index in [1.165, 1.54) is 30.6 Å². The molecule has 0 fully saturated rings. The molecule has 7 heteroatoms. The second-order valence-electron chi connectivity index (χ2n) is 7.42. The topological polar surface area (TPSA) is 87.3 Å². The molecule has 0 saturated heterocycles. The first-order chi connectivity index (χ1) is 13.6. The molecule has 3 amide bonds. The van der Waals surface area contributed by atoms with Gasteiger partial charge in [0.15, 0.2) is 0 Å². The molecule has 0 aromatic carbocycles. The summed E-state index contributed by atoms with van der Waals surface area (Å²) in [4.78, 5) is 34.3. The third-order valence-corrected chi connectivity index (χ3v) is 4.98. The van der Waals surface area contributed by atoms with Crippen LogP contribution < -0.4 is 16.2 Å². The molecule has 0 aliphatic carbocycles. The van der Waals surface area contributed by atoms with Gasteiger partial charge in [-0.1, -0.05) is 34.9 Å². The fourth-order valence-corrected chi connectivity index (χ4v) is 3.40. The number of hydrogen-bond donors (Lipinski definition) is 3. The highest BCUT2D eigenvalue weighted by molar-refractivity contribution is 7.99. The van der Waals surface area contributed by atoms with E-state index in [0.29, 0.717) is 5.75 Å². The van der Waals surface area contributed by atoms with Crippen LogP contribution in [0.1, 0.15) is 68.7 Å². The minimum Gasteiger partial charge on any atom is -0.344 e. The van der Waals surface area contributed by atoms with Crippen molar-refractivity contribution in [2.75, 3.05) is 11.5 Å². The molecule has 0 aliphatic rings. The zero-order valence-electron chi connectivity index (χ0n) is 18.7. The van der Waals surface area contributed by atoms with Crippen LogP contribution in [0.5, 0.6) is 0 Å². The maximum Gasteiger partial charge on any atom is 0.261 e. The van der Waals surface area contributed by atoms with Crippen molar-refractivity contribution >= 4 is 29.5 Å². The summed E-state index contributed by atoms with van der Waals surface area (Å²) in [6.07, 6.45) is 11.0. The van der Waals surface area contributed by atoms with Crippen molar-refractivity contribution in [3.05, 3.63) is 34.9 Å². The quantitative estimate of drug-likeness (QED) is 0.249. The third-order valence-electron chi connectivity index (χ3n) is 4.01. The molecule has 0 rings (SSSR count). The van der Waals surface area contributed by atoms with Gasteiger partial charge in [0.2, 0.25) is 11.8 Å². The number of thioether (sulfide) groups is 1.